The van der Waals surface area contributed by atoms with Crippen molar-refractivity contribution in [3.8, 4) is 0 Å². The van der Waals surface area contributed by atoms with Crippen LogP contribution in [0.15, 0.2) is 48.7 Å². The Morgan fingerprint density at radius 3 is 2.79 bits per heavy atom. The lowest BCUT2D eigenvalue weighted by Crippen LogP contribution is -2.58. The summed E-state index contributed by atoms with van der Waals surface area (Å²) in [6.45, 7) is 3.69. The van der Waals surface area contributed by atoms with Gasteiger partial charge in [-0.2, -0.15) is 0 Å². The molecule has 1 spiro atoms. The van der Waals surface area contributed by atoms with Crippen LogP contribution >= 0.6 is 11.8 Å². The minimum absolute atomic E-state index is 0.168. The van der Waals surface area contributed by atoms with Crippen LogP contribution in [0.2, 0.25) is 0 Å². The molecule has 2 aliphatic heterocycles. The minimum atomic E-state index is -0.168. The zero-order valence-electron chi connectivity index (χ0n) is 13.5. The van der Waals surface area contributed by atoms with Crippen LogP contribution in [0.5, 0.6) is 0 Å². The van der Waals surface area contributed by atoms with Crippen LogP contribution in [-0.2, 0) is 17.9 Å². The van der Waals surface area contributed by atoms with Gasteiger partial charge < -0.3 is 4.74 Å². The summed E-state index contributed by atoms with van der Waals surface area (Å²) in [5.41, 5.74) is 2.17. The molecule has 24 heavy (non-hydrogen) atoms. The predicted molar refractivity (Wildman–Crippen MR) is 94.3 cm³/mol. The predicted octanol–water partition coefficient (Wildman–Crippen LogP) is 3.50. The SMILES string of the molecule is Fc1ccc(CN2CC3(C[C@@H](OCc4ccccn4)CS3)C2)cc1. The number of benzene rings is 1. The second kappa shape index (κ2) is 6.82. The topological polar surface area (TPSA) is 25.4 Å². The van der Waals surface area contributed by atoms with Crippen molar-refractivity contribution in [2.24, 2.45) is 0 Å². The zero-order valence-corrected chi connectivity index (χ0v) is 14.3. The number of halogens is 1. The third-order valence-electron chi connectivity index (χ3n) is 4.71. The van der Waals surface area contributed by atoms with E-state index in [0.717, 1.165) is 37.5 Å². The van der Waals surface area contributed by atoms with Crippen LogP contribution in [0.25, 0.3) is 0 Å². The van der Waals surface area contributed by atoms with Crippen LogP contribution < -0.4 is 0 Å². The van der Waals surface area contributed by atoms with E-state index < -0.39 is 0 Å². The molecule has 126 valence electrons. The van der Waals surface area contributed by atoms with E-state index in [4.69, 9.17) is 4.74 Å². The molecule has 2 saturated heterocycles. The molecule has 3 heterocycles. The molecule has 0 unspecified atom stereocenters. The van der Waals surface area contributed by atoms with Gasteiger partial charge in [0.1, 0.15) is 5.82 Å². The molecule has 0 amide bonds. The van der Waals surface area contributed by atoms with Gasteiger partial charge in [-0.3, -0.25) is 9.88 Å². The number of aromatic nitrogens is 1. The second-order valence-corrected chi connectivity index (χ2v) is 8.21. The van der Waals surface area contributed by atoms with E-state index in [-0.39, 0.29) is 5.82 Å². The van der Waals surface area contributed by atoms with Crippen molar-refractivity contribution in [3.05, 3.63) is 65.7 Å². The Kier molecular flexibility index (Phi) is 4.57. The fraction of sp³-hybridized carbons (Fsp3) is 0.421. The Morgan fingerprint density at radius 1 is 1.21 bits per heavy atom. The third-order valence-corrected chi connectivity index (χ3v) is 6.29. The molecule has 2 aliphatic rings. The molecule has 0 aliphatic carbocycles. The lowest BCUT2D eigenvalue weighted by molar-refractivity contribution is 0.0251. The molecule has 2 aromatic rings. The fourth-order valence-corrected chi connectivity index (χ4v) is 5.15. The highest BCUT2D eigenvalue weighted by Gasteiger charge is 2.49. The third kappa shape index (κ3) is 3.63. The van der Waals surface area contributed by atoms with E-state index in [0.29, 0.717) is 17.5 Å². The molecular weight excluding hydrogens is 323 g/mol. The molecule has 3 nitrogen and oxygen atoms in total. The van der Waals surface area contributed by atoms with Crippen molar-refractivity contribution in [2.45, 2.75) is 30.4 Å². The minimum Gasteiger partial charge on any atom is -0.371 e. The summed E-state index contributed by atoms with van der Waals surface area (Å²) in [7, 11) is 0. The lowest BCUT2D eigenvalue weighted by Gasteiger charge is -2.47. The van der Waals surface area contributed by atoms with Gasteiger partial charge in [-0.1, -0.05) is 18.2 Å². The summed E-state index contributed by atoms with van der Waals surface area (Å²) in [6, 6.07) is 12.8. The maximum atomic E-state index is 13.0. The van der Waals surface area contributed by atoms with E-state index in [1.165, 1.54) is 17.7 Å². The van der Waals surface area contributed by atoms with Gasteiger partial charge in [0.15, 0.2) is 0 Å². The number of likely N-dealkylation sites (tertiary alicyclic amines) is 1. The van der Waals surface area contributed by atoms with Crippen molar-refractivity contribution in [1.82, 2.24) is 9.88 Å². The van der Waals surface area contributed by atoms with Crippen LogP contribution in [0.4, 0.5) is 4.39 Å². The highest BCUT2D eigenvalue weighted by Crippen LogP contribution is 2.46. The van der Waals surface area contributed by atoms with Crippen molar-refractivity contribution >= 4 is 11.8 Å². The van der Waals surface area contributed by atoms with Gasteiger partial charge in [0, 0.05) is 36.3 Å². The molecule has 0 saturated carbocycles. The first-order valence-corrected chi connectivity index (χ1v) is 9.32. The van der Waals surface area contributed by atoms with Crippen LogP contribution in [0.1, 0.15) is 17.7 Å². The number of hydrogen-bond acceptors (Lipinski definition) is 4. The Labute approximate surface area is 146 Å². The molecule has 0 N–H and O–H groups in total. The molecule has 0 radical (unpaired) electrons. The van der Waals surface area contributed by atoms with Crippen LogP contribution in [0.3, 0.4) is 0 Å². The first kappa shape index (κ1) is 16.1. The monoisotopic (exact) mass is 344 g/mol. The number of nitrogens with zero attached hydrogens (tertiary/aromatic N) is 2. The Bertz CT molecular complexity index is 674. The highest BCUT2D eigenvalue weighted by atomic mass is 32.2. The fourth-order valence-electron chi connectivity index (χ4n) is 3.55. The Balaban J connectivity index is 1.23. The maximum Gasteiger partial charge on any atom is 0.123 e. The van der Waals surface area contributed by atoms with Crippen molar-refractivity contribution < 1.29 is 9.13 Å². The zero-order chi connectivity index (χ0) is 16.4. The summed E-state index contributed by atoms with van der Waals surface area (Å²) < 4.78 is 19.4. The molecule has 2 fully saturated rings. The molecule has 0 bridgehead atoms. The molecule has 1 aromatic heterocycles. The van der Waals surface area contributed by atoms with E-state index in [9.17, 15) is 4.39 Å². The number of thioether (sulfide) groups is 1. The number of hydrogen-bond donors (Lipinski definition) is 0. The van der Waals surface area contributed by atoms with Gasteiger partial charge in [-0.05, 0) is 36.2 Å². The largest absolute Gasteiger partial charge is 0.371 e. The molecule has 5 heteroatoms. The van der Waals surface area contributed by atoms with Gasteiger partial charge >= 0.3 is 0 Å². The smallest absolute Gasteiger partial charge is 0.123 e. The van der Waals surface area contributed by atoms with Gasteiger partial charge in [0.25, 0.3) is 0 Å². The summed E-state index contributed by atoms with van der Waals surface area (Å²) >= 11 is 2.04. The van der Waals surface area contributed by atoms with Crippen molar-refractivity contribution in [3.63, 3.8) is 0 Å². The number of rotatable bonds is 5. The number of ether oxygens (including phenoxy) is 1. The summed E-state index contributed by atoms with van der Waals surface area (Å²) in [6.07, 6.45) is 3.25. The van der Waals surface area contributed by atoms with Gasteiger partial charge in [0.05, 0.1) is 18.4 Å². The average molecular weight is 344 g/mol. The normalized spacial score (nSPS) is 22.6. The van der Waals surface area contributed by atoms with E-state index in [1.54, 1.807) is 0 Å². The molecular formula is C19H21FN2OS. The quantitative estimate of drug-likeness (QED) is 0.829. The first-order chi connectivity index (χ1) is 11.7. The molecule has 1 aromatic carbocycles. The van der Waals surface area contributed by atoms with Gasteiger partial charge in [0.2, 0.25) is 0 Å². The van der Waals surface area contributed by atoms with E-state index >= 15 is 0 Å². The standard InChI is InChI=1S/C19H21FN2OS/c20-16-6-4-15(5-7-16)10-22-13-19(14-22)9-18(12-24-19)23-11-17-3-1-2-8-21-17/h1-8,18H,9-14H2/t18-/m1/s1. The average Bonchev–Trinajstić information content (AvgIpc) is 3.00. The second-order valence-electron chi connectivity index (χ2n) is 6.72. The maximum absolute atomic E-state index is 13.0. The Hall–Kier alpha value is -1.43. The van der Waals surface area contributed by atoms with Crippen molar-refractivity contribution in [1.29, 1.82) is 0 Å². The summed E-state index contributed by atoms with van der Waals surface area (Å²) in [5, 5.41) is 0. The van der Waals surface area contributed by atoms with Crippen LogP contribution in [-0.4, -0.2) is 39.6 Å². The Morgan fingerprint density at radius 2 is 2.04 bits per heavy atom. The van der Waals surface area contributed by atoms with E-state index in [1.807, 2.05) is 48.3 Å². The summed E-state index contributed by atoms with van der Waals surface area (Å²) in [5.74, 6) is 0.898. The molecule has 4 rings (SSSR count). The van der Waals surface area contributed by atoms with E-state index in [2.05, 4.69) is 9.88 Å². The number of pyridine rings is 1. The first-order valence-electron chi connectivity index (χ1n) is 8.33. The lowest BCUT2D eigenvalue weighted by atomic mass is 9.92. The van der Waals surface area contributed by atoms with Gasteiger partial charge in [-0.15, -0.1) is 11.8 Å². The van der Waals surface area contributed by atoms with Crippen LogP contribution in [0, 0.1) is 5.82 Å². The van der Waals surface area contributed by atoms with Crippen molar-refractivity contribution in [2.75, 3.05) is 18.8 Å². The summed E-state index contributed by atoms with van der Waals surface area (Å²) in [4.78, 5) is 6.74. The van der Waals surface area contributed by atoms with Gasteiger partial charge in [-0.25, -0.2) is 4.39 Å². The highest BCUT2D eigenvalue weighted by molar-refractivity contribution is 8.01. The molecule has 1 atom stereocenters.